The van der Waals surface area contributed by atoms with E-state index >= 15 is 0 Å². The first kappa shape index (κ1) is 24.4. The lowest BCUT2D eigenvalue weighted by atomic mass is 10.0. The van der Waals surface area contributed by atoms with Gasteiger partial charge in [-0.1, -0.05) is 66.2 Å². The molecule has 0 spiro atoms. The molecule has 0 radical (unpaired) electrons. The average Bonchev–Trinajstić information content (AvgIpc) is 2.38. The average molecular weight is 224 g/mol. The second kappa shape index (κ2) is 47.9. The van der Waals surface area contributed by atoms with Crippen LogP contribution in [-0.4, -0.2) is 0 Å². The molecular weight excluding hydrogens is 192 g/mol. The van der Waals surface area contributed by atoms with Gasteiger partial charge in [-0.2, -0.15) is 0 Å². The van der Waals surface area contributed by atoms with E-state index in [1.54, 1.807) is 13.8 Å². The van der Waals surface area contributed by atoms with Crippen LogP contribution in [0.15, 0.2) is 0 Å². The third-order valence-corrected chi connectivity index (χ3v) is 1.50. The van der Waals surface area contributed by atoms with Crippen molar-refractivity contribution in [1.29, 1.82) is 0 Å². The Kier molecular flexibility index (Phi) is 73.1. The Hall–Kier alpha value is -0.880. The normalized spacial score (nSPS) is 10.8. The zero-order valence-corrected chi connectivity index (χ0v) is 12.4. The second-order valence-electron chi connectivity index (χ2n) is 2.70. The Labute approximate surface area is 105 Å². The molecule has 0 amide bonds. The molecule has 0 nitrogen and oxygen atoms in total. The monoisotopic (exact) mass is 224 g/mol. The van der Waals surface area contributed by atoms with Crippen molar-refractivity contribution < 1.29 is 0 Å². The van der Waals surface area contributed by atoms with Crippen molar-refractivity contribution in [3.8, 4) is 24.7 Å². The molecule has 0 unspecified atom stereocenters. The van der Waals surface area contributed by atoms with Crippen molar-refractivity contribution >= 4 is 0 Å². The fraction of sp³-hybridized carbons (Fsp3) is 0.750. The summed E-state index contributed by atoms with van der Waals surface area (Å²) in [5, 5.41) is 0. The minimum atomic E-state index is 1.50. The molecule has 16 heavy (non-hydrogen) atoms. The third kappa shape index (κ3) is 73.5. The van der Waals surface area contributed by atoms with Crippen molar-refractivity contribution in [3.05, 3.63) is 0 Å². The largest absolute Gasteiger partial charge is 0.120 e. The van der Waals surface area contributed by atoms with Crippen LogP contribution in [0.3, 0.4) is 0 Å². The Balaban J connectivity index is -0.0000000630. The number of hydrogen-bond acceptors (Lipinski definition) is 0. The minimum Gasteiger partial charge on any atom is -0.120 e. The molecule has 96 valence electrons. The smallest absolute Gasteiger partial charge is 0.00297 e. The van der Waals surface area contributed by atoms with Crippen LogP contribution in [0.2, 0.25) is 0 Å². The summed E-state index contributed by atoms with van der Waals surface area (Å²) in [5.74, 6) is 4.50. The van der Waals surface area contributed by atoms with Gasteiger partial charge in [-0.25, -0.2) is 0 Å². The summed E-state index contributed by atoms with van der Waals surface area (Å²) in [6, 6.07) is 0. The molecule has 1 rings (SSSR count). The summed E-state index contributed by atoms with van der Waals surface area (Å²) < 4.78 is 0. The first-order valence-corrected chi connectivity index (χ1v) is 6.58. The maximum atomic E-state index is 4.60. The van der Waals surface area contributed by atoms with Gasteiger partial charge >= 0.3 is 0 Å². The van der Waals surface area contributed by atoms with Crippen LogP contribution >= 0.6 is 0 Å². The highest BCUT2D eigenvalue weighted by Gasteiger charge is 1.95. The molecule has 0 heteroatoms. The van der Waals surface area contributed by atoms with E-state index in [-0.39, 0.29) is 0 Å². The van der Waals surface area contributed by atoms with Crippen molar-refractivity contribution in [2.45, 2.75) is 80.1 Å². The second-order valence-corrected chi connectivity index (χ2v) is 2.70. The molecular formula is C16H32. The van der Waals surface area contributed by atoms with E-state index in [9.17, 15) is 0 Å². The SMILES string of the molecule is C#CC.C#CC.C1CCCCC1.CC.CC. The van der Waals surface area contributed by atoms with Crippen LogP contribution in [0.4, 0.5) is 0 Å². The molecule has 0 atom stereocenters. The van der Waals surface area contributed by atoms with Gasteiger partial charge in [0.05, 0.1) is 0 Å². The summed E-state index contributed by atoms with van der Waals surface area (Å²) in [7, 11) is 0. The predicted octanol–water partition coefficient (Wildman–Crippen LogP) is 5.67. The molecule has 1 aliphatic rings. The lowest BCUT2D eigenvalue weighted by Gasteiger charge is -2.05. The molecule has 1 fully saturated rings. The standard InChI is InChI=1S/C6H12.2C3H4.2C2H6/c1-2-4-6-5-3-1;2*1-3-2;2*1-2/h1-6H2;2*1H,2H3;2*1-2H3. The molecule has 0 heterocycles. The fourth-order valence-electron chi connectivity index (χ4n) is 1.06. The lowest BCUT2D eigenvalue weighted by Crippen LogP contribution is -1.85. The van der Waals surface area contributed by atoms with E-state index in [0.29, 0.717) is 0 Å². The molecule has 1 aliphatic carbocycles. The minimum absolute atomic E-state index is 1.50. The molecule has 0 aromatic rings. The summed E-state index contributed by atoms with van der Waals surface area (Å²) >= 11 is 0. The summed E-state index contributed by atoms with van der Waals surface area (Å²) in [5.41, 5.74) is 0. The molecule has 0 saturated heterocycles. The highest BCUT2D eigenvalue weighted by Crippen LogP contribution is 2.15. The number of rotatable bonds is 0. The van der Waals surface area contributed by atoms with E-state index in [4.69, 9.17) is 0 Å². The molecule has 1 saturated carbocycles. The van der Waals surface area contributed by atoms with Gasteiger partial charge in [0.2, 0.25) is 0 Å². The van der Waals surface area contributed by atoms with Gasteiger partial charge in [0, 0.05) is 0 Å². The van der Waals surface area contributed by atoms with Crippen molar-refractivity contribution in [3.63, 3.8) is 0 Å². The van der Waals surface area contributed by atoms with Crippen molar-refractivity contribution in [1.82, 2.24) is 0 Å². The Bertz CT molecular complexity index is 104. The zero-order chi connectivity index (χ0) is 13.7. The predicted molar refractivity (Wildman–Crippen MR) is 79.4 cm³/mol. The van der Waals surface area contributed by atoms with E-state index in [2.05, 4.69) is 24.7 Å². The van der Waals surface area contributed by atoms with Gasteiger partial charge < -0.3 is 0 Å². The topological polar surface area (TPSA) is 0 Å². The summed E-state index contributed by atoms with van der Waals surface area (Å²) in [6.07, 6.45) is 18.2. The van der Waals surface area contributed by atoms with Gasteiger partial charge in [-0.3, -0.25) is 0 Å². The quantitative estimate of drug-likeness (QED) is 0.465. The van der Waals surface area contributed by atoms with Crippen LogP contribution in [0.25, 0.3) is 0 Å². The maximum absolute atomic E-state index is 4.60. The number of hydrogen-bond donors (Lipinski definition) is 0. The maximum Gasteiger partial charge on any atom is -0.00297 e. The van der Waals surface area contributed by atoms with Crippen LogP contribution < -0.4 is 0 Å². The summed E-state index contributed by atoms with van der Waals surface area (Å²) in [4.78, 5) is 0. The van der Waals surface area contributed by atoms with Gasteiger partial charge in [-0.05, 0) is 13.8 Å². The van der Waals surface area contributed by atoms with Crippen LogP contribution in [0.1, 0.15) is 80.1 Å². The highest BCUT2D eigenvalue weighted by molar-refractivity contribution is 4.74. The van der Waals surface area contributed by atoms with Crippen LogP contribution in [-0.2, 0) is 0 Å². The van der Waals surface area contributed by atoms with E-state index in [1.165, 1.54) is 38.5 Å². The molecule has 0 N–H and O–H groups in total. The van der Waals surface area contributed by atoms with E-state index in [0.717, 1.165) is 0 Å². The molecule has 0 bridgehead atoms. The zero-order valence-electron chi connectivity index (χ0n) is 12.4. The van der Waals surface area contributed by atoms with Crippen LogP contribution in [0, 0.1) is 24.7 Å². The van der Waals surface area contributed by atoms with Crippen molar-refractivity contribution in [2.75, 3.05) is 0 Å². The Morgan fingerprint density at radius 1 is 0.562 bits per heavy atom. The van der Waals surface area contributed by atoms with Crippen molar-refractivity contribution in [2.24, 2.45) is 0 Å². The first-order valence-electron chi connectivity index (χ1n) is 6.58. The molecule has 0 aromatic carbocycles. The fourth-order valence-corrected chi connectivity index (χ4v) is 1.06. The van der Waals surface area contributed by atoms with Gasteiger partial charge in [-0.15, -0.1) is 24.7 Å². The number of terminal acetylenes is 2. The molecule has 0 aliphatic heterocycles. The van der Waals surface area contributed by atoms with Gasteiger partial charge in [0.1, 0.15) is 0 Å². The Morgan fingerprint density at radius 3 is 0.688 bits per heavy atom. The van der Waals surface area contributed by atoms with Gasteiger partial charge in [0.25, 0.3) is 0 Å². The van der Waals surface area contributed by atoms with E-state index in [1.807, 2.05) is 27.7 Å². The lowest BCUT2D eigenvalue weighted by molar-refractivity contribution is 0.504. The van der Waals surface area contributed by atoms with E-state index < -0.39 is 0 Å². The highest BCUT2D eigenvalue weighted by atomic mass is 14.0. The summed E-state index contributed by atoms with van der Waals surface area (Å²) in [6.45, 7) is 11.3. The van der Waals surface area contributed by atoms with Crippen LogP contribution in [0.5, 0.6) is 0 Å². The Morgan fingerprint density at radius 2 is 0.625 bits per heavy atom. The van der Waals surface area contributed by atoms with Gasteiger partial charge in [0.15, 0.2) is 0 Å². The third-order valence-electron chi connectivity index (χ3n) is 1.50. The molecule has 0 aromatic heterocycles. The first-order chi connectivity index (χ1) is 7.83.